The molecule has 14 heteroatoms. The number of rotatable bonds is 7. The van der Waals surface area contributed by atoms with Gasteiger partial charge in [-0.05, 0) is 31.0 Å². The highest BCUT2D eigenvalue weighted by Gasteiger charge is 2.54. The third-order valence-corrected chi connectivity index (χ3v) is 8.12. The Kier molecular flexibility index (Phi) is 7.06. The number of fused-ring (bicyclic) bond motifs is 1. The zero-order valence-corrected chi connectivity index (χ0v) is 22.6. The van der Waals surface area contributed by atoms with Crippen LogP contribution in [0.3, 0.4) is 0 Å². The molecule has 3 amide bonds. The van der Waals surface area contributed by atoms with Crippen LogP contribution in [0, 0.1) is 5.41 Å². The van der Waals surface area contributed by atoms with E-state index < -0.39 is 17.8 Å². The molecule has 2 N–H and O–H groups in total. The van der Waals surface area contributed by atoms with Gasteiger partial charge in [-0.15, -0.1) is 0 Å². The van der Waals surface area contributed by atoms with Gasteiger partial charge in [0, 0.05) is 63.6 Å². The summed E-state index contributed by atoms with van der Waals surface area (Å²) >= 11 is 0. The molecule has 3 fully saturated rings. The first kappa shape index (κ1) is 27.4. The van der Waals surface area contributed by atoms with Crippen molar-refractivity contribution in [1.82, 2.24) is 29.3 Å². The lowest BCUT2D eigenvalue weighted by atomic mass is 9.60. The monoisotopic (exact) mass is 575 g/mol. The Bertz CT molecular complexity index is 1430. The zero-order valence-electron chi connectivity index (χ0n) is 22.6. The van der Waals surface area contributed by atoms with Gasteiger partial charge in [0.2, 0.25) is 0 Å². The van der Waals surface area contributed by atoms with Crippen molar-refractivity contribution in [3.8, 4) is 5.75 Å². The maximum atomic E-state index is 13.4. The number of aryl methyl sites for hydroxylation is 1. The van der Waals surface area contributed by atoms with Crippen LogP contribution in [0.25, 0.3) is 5.65 Å². The topological polar surface area (TPSA) is 105 Å². The molecule has 220 valence electrons. The summed E-state index contributed by atoms with van der Waals surface area (Å²) in [6, 6.07) is 2.33. The van der Waals surface area contributed by atoms with Crippen molar-refractivity contribution in [2.24, 2.45) is 12.5 Å². The number of nitrogens with one attached hydrogen (secondary N) is 2. The smallest absolute Gasteiger partial charge is 0.416 e. The van der Waals surface area contributed by atoms with Crippen LogP contribution in [0.1, 0.15) is 28.8 Å². The van der Waals surface area contributed by atoms with Gasteiger partial charge in [0.1, 0.15) is 23.6 Å². The summed E-state index contributed by atoms with van der Waals surface area (Å²) in [5.74, 6) is 0.0967. The van der Waals surface area contributed by atoms with Gasteiger partial charge in [-0.1, -0.05) is 0 Å². The van der Waals surface area contributed by atoms with Crippen LogP contribution in [0.15, 0.2) is 36.8 Å². The molecule has 41 heavy (non-hydrogen) atoms. The summed E-state index contributed by atoms with van der Waals surface area (Å²) in [5, 5.41) is 9.64. The minimum atomic E-state index is -4.56. The molecule has 1 aliphatic carbocycles. The third-order valence-electron chi connectivity index (χ3n) is 8.12. The summed E-state index contributed by atoms with van der Waals surface area (Å²) in [5.41, 5.74) is 0.311. The molecular weight excluding hydrogens is 543 g/mol. The van der Waals surface area contributed by atoms with Crippen molar-refractivity contribution in [2.45, 2.75) is 25.1 Å². The molecule has 3 aromatic rings. The fraction of sp³-hybridized carbons (Fsp3) is 0.519. The van der Waals surface area contributed by atoms with Crippen molar-refractivity contribution in [1.29, 1.82) is 0 Å². The second-order valence-electron chi connectivity index (χ2n) is 11.1. The third kappa shape index (κ3) is 5.58. The number of carbonyl (C=O) groups is 2. The second kappa shape index (κ2) is 10.6. The zero-order chi connectivity index (χ0) is 28.8. The van der Waals surface area contributed by atoms with E-state index in [2.05, 4.69) is 20.6 Å². The van der Waals surface area contributed by atoms with Crippen molar-refractivity contribution in [3.05, 3.63) is 47.9 Å². The Hall–Kier alpha value is -3.78. The quantitative estimate of drug-likeness (QED) is 0.449. The average Bonchev–Trinajstić information content (AvgIpc) is 3.48. The fourth-order valence-corrected chi connectivity index (χ4v) is 6.01. The number of ether oxygens (including phenoxy) is 2. The molecule has 1 aromatic carbocycles. The number of alkyl halides is 3. The predicted octanol–water partition coefficient (Wildman–Crippen LogP) is 2.83. The van der Waals surface area contributed by atoms with Gasteiger partial charge in [-0.3, -0.25) is 9.69 Å². The maximum Gasteiger partial charge on any atom is 0.416 e. The first-order chi connectivity index (χ1) is 19.6. The Labute approximate surface area is 234 Å². The molecule has 0 bridgehead atoms. The van der Waals surface area contributed by atoms with E-state index in [0.717, 1.165) is 30.9 Å². The molecule has 3 aliphatic rings. The first-order valence-corrected chi connectivity index (χ1v) is 13.6. The van der Waals surface area contributed by atoms with Gasteiger partial charge in [-0.2, -0.15) is 18.3 Å². The van der Waals surface area contributed by atoms with Crippen molar-refractivity contribution < 1.29 is 32.2 Å². The molecule has 0 unspecified atom stereocenters. The van der Waals surface area contributed by atoms with Gasteiger partial charge < -0.3 is 29.6 Å². The number of urea groups is 1. The molecule has 1 spiro atoms. The number of hydrogen-bond donors (Lipinski definition) is 2. The highest BCUT2D eigenvalue weighted by atomic mass is 19.4. The van der Waals surface area contributed by atoms with Gasteiger partial charge in [0.15, 0.2) is 0 Å². The van der Waals surface area contributed by atoms with Gasteiger partial charge >= 0.3 is 12.2 Å². The molecule has 2 saturated heterocycles. The molecule has 1 saturated carbocycles. The average molecular weight is 576 g/mol. The lowest BCUT2D eigenvalue weighted by Gasteiger charge is -2.58. The summed E-state index contributed by atoms with van der Waals surface area (Å²) in [7, 11) is 1.86. The maximum absolute atomic E-state index is 13.4. The number of hydrogen-bond acceptors (Lipinski definition) is 6. The van der Waals surface area contributed by atoms with E-state index in [4.69, 9.17) is 9.47 Å². The summed E-state index contributed by atoms with van der Waals surface area (Å²) in [6.07, 6.45) is 2.01. The van der Waals surface area contributed by atoms with Crippen LogP contribution >= 0.6 is 0 Å². The Morgan fingerprint density at radius 2 is 1.93 bits per heavy atom. The standard InChI is InChI=1S/C27H32F3N7O4/c1-34-4-5-37-23(34)20(15-31-37)24(38)36-16-26(17-36)13-19(14-26)32-25(39)33-21-12-18(27(28,29)30)2-3-22(21)41-11-8-35-6-9-40-10-7-35/h2-5,12,15,19H,6-11,13-14,16-17H2,1H3,(H2,32,33,39). The first-order valence-electron chi connectivity index (χ1n) is 13.6. The van der Waals surface area contributed by atoms with E-state index in [-0.39, 0.29) is 35.4 Å². The molecule has 6 rings (SSSR count). The number of likely N-dealkylation sites (tertiary alicyclic amines) is 1. The number of halogens is 3. The normalized spacial score (nSPS) is 19.2. The number of imidazole rings is 1. The molecule has 2 aromatic heterocycles. The van der Waals surface area contributed by atoms with Gasteiger partial charge in [-0.25, -0.2) is 9.31 Å². The van der Waals surface area contributed by atoms with E-state index in [1.807, 2.05) is 17.8 Å². The predicted molar refractivity (Wildman–Crippen MR) is 142 cm³/mol. The number of morpholine rings is 1. The second-order valence-corrected chi connectivity index (χ2v) is 11.1. The SMILES string of the molecule is Cn1ccn2ncc(C(=O)N3CC4(CC(NC(=O)Nc5cc(C(F)(F)F)ccc5OCCN5CCOCC5)C4)C3)c12. The van der Waals surface area contributed by atoms with Crippen LogP contribution in [-0.2, 0) is 18.0 Å². The van der Waals surface area contributed by atoms with Crippen molar-refractivity contribution in [3.63, 3.8) is 0 Å². The Morgan fingerprint density at radius 3 is 2.66 bits per heavy atom. The van der Waals surface area contributed by atoms with Crippen LogP contribution in [0.2, 0.25) is 0 Å². The number of anilines is 1. The van der Waals surface area contributed by atoms with E-state index in [0.29, 0.717) is 51.3 Å². The summed E-state index contributed by atoms with van der Waals surface area (Å²) in [6.45, 7) is 4.81. The molecule has 4 heterocycles. The lowest BCUT2D eigenvalue weighted by Crippen LogP contribution is -2.67. The Morgan fingerprint density at radius 1 is 1.17 bits per heavy atom. The van der Waals surface area contributed by atoms with Gasteiger partial charge in [0.25, 0.3) is 5.91 Å². The van der Waals surface area contributed by atoms with E-state index in [9.17, 15) is 22.8 Å². The highest BCUT2D eigenvalue weighted by molar-refractivity contribution is 6.00. The van der Waals surface area contributed by atoms with Gasteiger partial charge in [0.05, 0.1) is 30.7 Å². The van der Waals surface area contributed by atoms with E-state index in [1.165, 1.54) is 6.07 Å². The minimum Gasteiger partial charge on any atom is -0.490 e. The van der Waals surface area contributed by atoms with E-state index >= 15 is 0 Å². The molecule has 0 atom stereocenters. The van der Waals surface area contributed by atoms with Crippen LogP contribution < -0.4 is 15.4 Å². The van der Waals surface area contributed by atoms with Crippen molar-refractivity contribution in [2.75, 3.05) is 57.9 Å². The largest absolute Gasteiger partial charge is 0.490 e. The van der Waals surface area contributed by atoms with Crippen LogP contribution in [0.4, 0.5) is 23.7 Å². The number of nitrogens with zero attached hydrogens (tertiary/aromatic N) is 5. The van der Waals surface area contributed by atoms with Crippen LogP contribution in [0.5, 0.6) is 5.75 Å². The molecule has 2 aliphatic heterocycles. The van der Waals surface area contributed by atoms with E-state index in [1.54, 1.807) is 21.8 Å². The van der Waals surface area contributed by atoms with Crippen LogP contribution in [-0.4, -0.2) is 94.5 Å². The number of carbonyl (C=O) groups excluding carboxylic acids is 2. The number of aromatic nitrogens is 3. The molecule has 11 nitrogen and oxygen atoms in total. The Balaban J connectivity index is 1.01. The summed E-state index contributed by atoms with van der Waals surface area (Å²) < 4.78 is 54.7. The summed E-state index contributed by atoms with van der Waals surface area (Å²) in [4.78, 5) is 29.7. The number of benzene rings is 1. The minimum absolute atomic E-state index is 0.0399. The lowest BCUT2D eigenvalue weighted by molar-refractivity contribution is -0.137. The fourth-order valence-electron chi connectivity index (χ4n) is 6.01. The highest BCUT2D eigenvalue weighted by Crippen LogP contribution is 2.49. The van der Waals surface area contributed by atoms with Crippen molar-refractivity contribution >= 4 is 23.3 Å². The number of amides is 3. The molecule has 0 radical (unpaired) electrons. The molecular formula is C27H32F3N7O4.